The first-order valence-electron chi connectivity index (χ1n) is 6.14. The summed E-state index contributed by atoms with van der Waals surface area (Å²) in [5, 5.41) is 11.5. The number of thioether (sulfide) groups is 1. The van der Waals surface area contributed by atoms with Crippen LogP contribution in [0.3, 0.4) is 0 Å². The number of amides is 1. The molecule has 5 heteroatoms. The normalized spacial score (nSPS) is 11.6. The molecule has 1 atom stereocenters. The summed E-state index contributed by atoms with van der Waals surface area (Å²) in [5.41, 5.74) is 1.01. The molecular formula is C15H14N2O2S. The van der Waals surface area contributed by atoms with Crippen molar-refractivity contribution < 1.29 is 9.21 Å². The Balaban J connectivity index is 1.92. The molecule has 0 aliphatic carbocycles. The van der Waals surface area contributed by atoms with Gasteiger partial charge in [-0.2, -0.15) is 5.26 Å². The van der Waals surface area contributed by atoms with E-state index in [2.05, 4.69) is 11.4 Å². The van der Waals surface area contributed by atoms with Crippen LogP contribution in [-0.2, 0) is 10.5 Å². The molecule has 0 bridgehead atoms. The van der Waals surface area contributed by atoms with Gasteiger partial charge >= 0.3 is 0 Å². The predicted octanol–water partition coefficient (Wildman–Crippen LogP) is 3.41. The van der Waals surface area contributed by atoms with Crippen LogP contribution in [0.1, 0.15) is 18.2 Å². The number of hydrogen-bond acceptors (Lipinski definition) is 4. The molecule has 0 fully saturated rings. The second kappa shape index (κ2) is 6.83. The van der Waals surface area contributed by atoms with Gasteiger partial charge in [-0.05, 0) is 31.2 Å². The monoisotopic (exact) mass is 286 g/mol. The van der Waals surface area contributed by atoms with Crippen molar-refractivity contribution in [2.45, 2.75) is 17.9 Å². The zero-order valence-electron chi connectivity index (χ0n) is 11.0. The smallest absolute Gasteiger partial charge is 0.237 e. The first-order valence-corrected chi connectivity index (χ1v) is 7.19. The molecule has 2 rings (SSSR count). The van der Waals surface area contributed by atoms with E-state index in [1.807, 2.05) is 19.1 Å². The number of nitriles is 1. The van der Waals surface area contributed by atoms with Crippen molar-refractivity contribution in [1.82, 2.24) is 0 Å². The molecule has 1 amide bonds. The lowest BCUT2D eigenvalue weighted by molar-refractivity contribution is -0.115. The molecule has 1 unspecified atom stereocenters. The van der Waals surface area contributed by atoms with Crippen LogP contribution in [0.2, 0.25) is 0 Å². The van der Waals surface area contributed by atoms with Crippen molar-refractivity contribution in [2.75, 3.05) is 5.32 Å². The molecule has 2 aromatic rings. The molecule has 4 nitrogen and oxygen atoms in total. The third kappa shape index (κ3) is 3.65. The van der Waals surface area contributed by atoms with Crippen molar-refractivity contribution in [3.63, 3.8) is 0 Å². The number of para-hydroxylation sites is 1. The maximum absolute atomic E-state index is 12.1. The van der Waals surface area contributed by atoms with Crippen LogP contribution in [-0.4, -0.2) is 11.2 Å². The summed E-state index contributed by atoms with van der Waals surface area (Å²) in [7, 11) is 0. The van der Waals surface area contributed by atoms with Crippen molar-refractivity contribution >= 4 is 23.4 Å². The van der Waals surface area contributed by atoms with Crippen LogP contribution < -0.4 is 5.32 Å². The average Bonchev–Trinajstić information content (AvgIpc) is 2.98. The van der Waals surface area contributed by atoms with Gasteiger partial charge in [-0.3, -0.25) is 4.79 Å². The van der Waals surface area contributed by atoms with E-state index < -0.39 is 0 Å². The predicted molar refractivity (Wildman–Crippen MR) is 79.3 cm³/mol. The Kier molecular flexibility index (Phi) is 4.85. The molecule has 1 heterocycles. The standard InChI is InChI=1S/C15H14N2O2S/c1-11(20-10-13-6-4-8-19-13)15(18)17-14-7-3-2-5-12(14)9-16/h2-8,11H,10H2,1H3,(H,17,18). The fraction of sp³-hybridized carbons (Fsp3) is 0.200. The number of hydrogen-bond donors (Lipinski definition) is 1. The minimum absolute atomic E-state index is 0.121. The fourth-order valence-corrected chi connectivity index (χ4v) is 2.39. The first-order chi connectivity index (χ1) is 9.70. The first kappa shape index (κ1) is 14.2. The maximum Gasteiger partial charge on any atom is 0.237 e. The van der Waals surface area contributed by atoms with Crippen molar-refractivity contribution in [1.29, 1.82) is 5.26 Å². The Hall–Kier alpha value is -2.19. The van der Waals surface area contributed by atoms with Gasteiger partial charge in [0, 0.05) is 0 Å². The summed E-state index contributed by atoms with van der Waals surface area (Å²) < 4.78 is 5.22. The van der Waals surface area contributed by atoms with Gasteiger partial charge in [0.05, 0.1) is 28.5 Å². The maximum atomic E-state index is 12.1. The Morgan fingerprint density at radius 2 is 2.20 bits per heavy atom. The average molecular weight is 286 g/mol. The molecule has 0 spiro atoms. The second-order valence-corrected chi connectivity index (χ2v) is 5.51. The quantitative estimate of drug-likeness (QED) is 0.914. The molecule has 1 aromatic heterocycles. The van der Waals surface area contributed by atoms with Crippen LogP contribution >= 0.6 is 11.8 Å². The molecule has 1 aromatic carbocycles. The summed E-state index contributed by atoms with van der Waals surface area (Å²) in [6.07, 6.45) is 1.61. The molecule has 20 heavy (non-hydrogen) atoms. The van der Waals surface area contributed by atoms with Gasteiger partial charge in [-0.25, -0.2) is 0 Å². The van der Waals surface area contributed by atoms with E-state index in [4.69, 9.17) is 9.68 Å². The third-order valence-corrected chi connectivity index (χ3v) is 3.90. The SMILES string of the molecule is CC(SCc1ccco1)C(=O)Nc1ccccc1C#N. The molecule has 102 valence electrons. The third-order valence-electron chi connectivity index (χ3n) is 2.73. The van der Waals surface area contributed by atoms with E-state index in [0.717, 1.165) is 5.76 Å². The van der Waals surface area contributed by atoms with E-state index in [9.17, 15) is 4.79 Å². The highest BCUT2D eigenvalue weighted by atomic mass is 32.2. The van der Waals surface area contributed by atoms with Gasteiger partial charge < -0.3 is 9.73 Å². The van der Waals surface area contributed by atoms with Gasteiger partial charge in [0.15, 0.2) is 0 Å². The molecule has 0 saturated carbocycles. The van der Waals surface area contributed by atoms with Crippen molar-refractivity contribution in [2.24, 2.45) is 0 Å². The molecule has 0 saturated heterocycles. The van der Waals surface area contributed by atoms with Gasteiger partial charge in [0.1, 0.15) is 11.8 Å². The zero-order chi connectivity index (χ0) is 14.4. The summed E-state index contributed by atoms with van der Waals surface area (Å²) in [6, 6.07) is 12.7. The Labute approximate surface area is 121 Å². The van der Waals surface area contributed by atoms with Gasteiger partial charge in [-0.15, -0.1) is 11.8 Å². The van der Waals surface area contributed by atoms with Gasteiger partial charge in [0.25, 0.3) is 0 Å². The number of anilines is 1. The van der Waals surface area contributed by atoms with E-state index >= 15 is 0 Å². The number of carbonyl (C=O) groups excluding carboxylic acids is 1. The van der Waals surface area contributed by atoms with Crippen LogP contribution in [0.5, 0.6) is 0 Å². The lowest BCUT2D eigenvalue weighted by atomic mass is 10.2. The summed E-state index contributed by atoms with van der Waals surface area (Å²) in [5.74, 6) is 1.36. The largest absolute Gasteiger partial charge is 0.468 e. The van der Waals surface area contributed by atoms with Crippen molar-refractivity contribution in [3.05, 3.63) is 54.0 Å². The van der Waals surface area contributed by atoms with E-state index in [0.29, 0.717) is 17.0 Å². The topological polar surface area (TPSA) is 66.0 Å². The summed E-state index contributed by atoms with van der Waals surface area (Å²) in [6.45, 7) is 1.83. The highest BCUT2D eigenvalue weighted by molar-refractivity contribution is 7.99. The van der Waals surface area contributed by atoms with Crippen LogP contribution in [0.4, 0.5) is 5.69 Å². The Bertz CT molecular complexity index is 617. The fourth-order valence-electron chi connectivity index (χ4n) is 1.60. The van der Waals surface area contributed by atoms with Gasteiger partial charge in [-0.1, -0.05) is 12.1 Å². The Morgan fingerprint density at radius 1 is 1.40 bits per heavy atom. The highest BCUT2D eigenvalue weighted by Gasteiger charge is 2.15. The van der Waals surface area contributed by atoms with Crippen LogP contribution in [0.15, 0.2) is 47.1 Å². The van der Waals surface area contributed by atoms with Crippen LogP contribution in [0, 0.1) is 11.3 Å². The number of benzene rings is 1. The van der Waals surface area contributed by atoms with Gasteiger partial charge in [0.2, 0.25) is 5.91 Å². The molecule has 1 N–H and O–H groups in total. The number of nitrogens with zero attached hydrogens (tertiary/aromatic N) is 1. The van der Waals surface area contributed by atoms with Crippen molar-refractivity contribution in [3.8, 4) is 6.07 Å². The highest BCUT2D eigenvalue weighted by Crippen LogP contribution is 2.20. The molecule has 0 aliphatic rings. The zero-order valence-corrected chi connectivity index (χ0v) is 11.8. The minimum Gasteiger partial charge on any atom is -0.468 e. The van der Waals surface area contributed by atoms with E-state index in [1.165, 1.54) is 11.8 Å². The van der Waals surface area contributed by atoms with Crippen LogP contribution in [0.25, 0.3) is 0 Å². The van der Waals surface area contributed by atoms with E-state index in [1.54, 1.807) is 30.5 Å². The summed E-state index contributed by atoms with van der Waals surface area (Å²) in [4.78, 5) is 12.1. The number of nitrogens with one attached hydrogen (secondary N) is 1. The lowest BCUT2D eigenvalue weighted by Gasteiger charge is -2.12. The number of rotatable bonds is 5. The minimum atomic E-state index is -0.230. The summed E-state index contributed by atoms with van der Waals surface area (Å²) >= 11 is 1.49. The molecular weight excluding hydrogens is 272 g/mol. The second-order valence-electron chi connectivity index (χ2n) is 4.18. The number of carbonyl (C=O) groups is 1. The van der Waals surface area contributed by atoms with E-state index in [-0.39, 0.29) is 11.2 Å². The lowest BCUT2D eigenvalue weighted by Crippen LogP contribution is -2.23. The Morgan fingerprint density at radius 3 is 2.90 bits per heavy atom. The molecule has 0 radical (unpaired) electrons. The molecule has 0 aliphatic heterocycles. The number of furan rings is 1.